The highest BCUT2D eigenvalue weighted by atomic mass is 32.2. The van der Waals surface area contributed by atoms with Crippen LogP contribution in [0.5, 0.6) is 0 Å². The number of sulfone groups is 1. The normalized spacial score (nSPS) is 12.0. The molecule has 2 aromatic heterocycles. The number of hydrogen-bond donors (Lipinski definition) is 0. The summed E-state index contributed by atoms with van der Waals surface area (Å²) in [7, 11) is -3.51. The largest absolute Gasteiger partial charge is 0.450 e. The SMILES string of the molecule is CSCOC(=O)c1cc(-c2nc(-c3cccc(S(C)(=O)=O)c3)no2)n(-c2ccccc2C(F)(F)F)n1. The predicted octanol–water partition coefficient (Wildman–Crippen LogP) is 4.49. The van der Waals surface area contributed by atoms with Gasteiger partial charge < -0.3 is 9.26 Å². The Morgan fingerprint density at radius 1 is 1.14 bits per heavy atom. The fourth-order valence-electron chi connectivity index (χ4n) is 3.21. The van der Waals surface area contributed by atoms with Gasteiger partial charge in [-0.05, 0) is 30.5 Å². The molecular formula is C22H17F3N4O5S2. The zero-order valence-electron chi connectivity index (χ0n) is 18.7. The molecule has 0 aliphatic heterocycles. The summed E-state index contributed by atoms with van der Waals surface area (Å²) in [5, 5.41) is 7.87. The Labute approximate surface area is 207 Å². The number of rotatable bonds is 7. The number of carbonyl (C=O) groups is 1. The number of para-hydroxylation sites is 1. The van der Waals surface area contributed by atoms with Gasteiger partial charge in [0.1, 0.15) is 11.6 Å². The minimum absolute atomic E-state index is 0.0149. The molecule has 14 heteroatoms. The van der Waals surface area contributed by atoms with Crippen LogP contribution in [-0.2, 0) is 20.8 Å². The van der Waals surface area contributed by atoms with Crippen molar-refractivity contribution in [2.24, 2.45) is 0 Å². The predicted molar refractivity (Wildman–Crippen MR) is 124 cm³/mol. The van der Waals surface area contributed by atoms with Crippen LogP contribution in [0.15, 0.2) is 64.0 Å². The number of benzene rings is 2. The lowest BCUT2D eigenvalue weighted by atomic mass is 10.1. The van der Waals surface area contributed by atoms with Gasteiger partial charge in [0.15, 0.2) is 15.5 Å². The summed E-state index contributed by atoms with van der Waals surface area (Å²) >= 11 is 1.23. The molecule has 4 aromatic rings. The van der Waals surface area contributed by atoms with Crippen LogP contribution in [-0.4, -0.2) is 52.8 Å². The maximum atomic E-state index is 13.7. The molecule has 188 valence electrons. The highest BCUT2D eigenvalue weighted by molar-refractivity contribution is 7.98. The first-order valence-corrected chi connectivity index (χ1v) is 13.3. The van der Waals surface area contributed by atoms with E-state index < -0.39 is 27.5 Å². The van der Waals surface area contributed by atoms with Gasteiger partial charge >= 0.3 is 12.1 Å². The number of halogens is 3. The molecule has 0 atom stereocenters. The summed E-state index contributed by atoms with van der Waals surface area (Å²) in [6.45, 7) is 0. The van der Waals surface area contributed by atoms with E-state index in [2.05, 4.69) is 15.2 Å². The highest BCUT2D eigenvalue weighted by Crippen LogP contribution is 2.35. The Kier molecular flexibility index (Phi) is 6.91. The molecule has 0 N–H and O–H groups in total. The lowest BCUT2D eigenvalue weighted by Gasteiger charge is -2.13. The zero-order valence-corrected chi connectivity index (χ0v) is 20.3. The van der Waals surface area contributed by atoms with E-state index in [1.54, 1.807) is 12.3 Å². The third-order valence-corrected chi connectivity index (χ3v) is 6.29. The average molecular weight is 539 g/mol. The monoisotopic (exact) mass is 538 g/mol. The summed E-state index contributed by atoms with van der Waals surface area (Å²) in [5.74, 6) is -1.10. The Bertz CT molecular complexity index is 1530. The molecule has 0 aliphatic rings. The summed E-state index contributed by atoms with van der Waals surface area (Å²) < 4.78 is 76.1. The van der Waals surface area contributed by atoms with Crippen LogP contribution >= 0.6 is 11.8 Å². The third-order valence-electron chi connectivity index (χ3n) is 4.83. The summed E-state index contributed by atoms with van der Waals surface area (Å²) in [6, 6.07) is 11.6. The molecule has 0 aliphatic carbocycles. The number of nitrogens with zero attached hydrogens (tertiary/aromatic N) is 4. The molecule has 0 unspecified atom stereocenters. The molecule has 0 amide bonds. The van der Waals surface area contributed by atoms with E-state index in [4.69, 9.17) is 9.26 Å². The number of alkyl halides is 3. The maximum absolute atomic E-state index is 13.7. The molecule has 36 heavy (non-hydrogen) atoms. The minimum atomic E-state index is -4.72. The number of hydrogen-bond acceptors (Lipinski definition) is 9. The molecule has 0 saturated carbocycles. The van der Waals surface area contributed by atoms with E-state index in [1.807, 2.05) is 0 Å². The molecule has 0 bridgehead atoms. The quantitative estimate of drug-likeness (QED) is 0.248. The molecule has 2 aromatic carbocycles. The van der Waals surface area contributed by atoms with E-state index in [1.165, 1.54) is 54.2 Å². The molecule has 4 rings (SSSR count). The van der Waals surface area contributed by atoms with Gasteiger partial charge in [-0.2, -0.15) is 23.3 Å². The van der Waals surface area contributed by atoms with E-state index in [9.17, 15) is 26.4 Å². The highest BCUT2D eigenvalue weighted by Gasteiger charge is 2.35. The first-order chi connectivity index (χ1) is 17.0. The Balaban J connectivity index is 1.85. The van der Waals surface area contributed by atoms with Crippen molar-refractivity contribution < 1.29 is 35.6 Å². The van der Waals surface area contributed by atoms with Crippen molar-refractivity contribution in [3.05, 3.63) is 65.9 Å². The molecule has 0 fully saturated rings. The number of aromatic nitrogens is 4. The van der Waals surface area contributed by atoms with Gasteiger partial charge in [-0.25, -0.2) is 17.9 Å². The van der Waals surface area contributed by atoms with Crippen molar-refractivity contribution in [1.82, 2.24) is 19.9 Å². The van der Waals surface area contributed by atoms with Gasteiger partial charge in [0, 0.05) is 17.9 Å². The molecule has 9 nitrogen and oxygen atoms in total. The fraction of sp³-hybridized carbons (Fsp3) is 0.182. The maximum Gasteiger partial charge on any atom is 0.418 e. The van der Waals surface area contributed by atoms with Crippen LogP contribution in [0, 0.1) is 0 Å². The Morgan fingerprint density at radius 2 is 1.89 bits per heavy atom. The van der Waals surface area contributed by atoms with Crippen molar-refractivity contribution >= 4 is 27.6 Å². The van der Waals surface area contributed by atoms with Crippen LogP contribution in [0.1, 0.15) is 16.1 Å². The lowest BCUT2D eigenvalue weighted by molar-refractivity contribution is -0.137. The lowest BCUT2D eigenvalue weighted by Crippen LogP contribution is -2.13. The smallest absolute Gasteiger partial charge is 0.418 e. The van der Waals surface area contributed by atoms with E-state index >= 15 is 0 Å². The zero-order chi connectivity index (χ0) is 26.1. The van der Waals surface area contributed by atoms with Crippen molar-refractivity contribution in [3.8, 4) is 28.7 Å². The first kappa shape index (κ1) is 25.4. The van der Waals surface area contributed by atoms with Crippen molar-refractivity contribution in [2.75, 3.05) is 18.5 Å². The summed E-state index contributed by atoms with van der Waals surface area (Å²) in [4.78, 5) is 16.7. The second-order valence-corrected chi connectivity index (χ2v) is 10.2. The van der Waals surface area contributed by atoms with Crippen molar-refractivity contribution in [3.63, 3.8) is 0 Å². The van der Waals surface area contributed by atoms with Gasteiger partial charge in [-0.3, -0.25) is 0 Å². The van der Waals surface area contributed by atoms with Crippen molar-refractivity contribution in [1.29, 1.82) is 0 Å². The van der Waals surface area contributed by atoms with Crippen LogP contribution in [0.2, 0.25) is 0 Å². The van der Waals surface area contributed by atoms with Gasteiger partial charge in [0.2, 0.25) is 5.82 Å². The Morgan fingerprint density at radius 3 is 2.58 bits per heavy atom. The fourth-order valence-corrected chi connectivity index (χ4v) is 4.10. The average Bonchev–Trinajstić information content (AvgIpc) is 3.49. The Hall–Kier alpha value is -3.65. The number of carbonyl (C=O) groups excluding carboxylic acids is 1. The van der Waals surface area contributed by atoms with Crippen LogP contribution in [0.3, 0.4) is 0 Å². The number of thioether (sulfide) groups is 1. The molecular weight excluding hydrogens is 521 g/mol. The molecule has 0 saturated heterocycles. The van der Waals surface area contributed by atoms with Gasteiger partial charge in [-0.15, -0.1) is 11.8 Å². The second-order valence-electron chi connectivity index (χ2n) is 7.40. The van der Waals surface area contributed by atoms with E-state index in [-0.39, 0.29) is 39.6 Å². The van der Waals surface area contributed by atoms with E-state index in [0.29, 0.717) is 5.56 Å². The molecule has 2 heterocycles. The van der Waals surface area contributed by atoms with Crippen LogP contribution in [0.4, 0.5) is 13.2 Å². The van der Waals surface area contributed by atoms with Gasteiger partial charge in [-0.1, -0.05) is 29.4 Å². The van der Waals surface area contributed by atoms with Gasteiger partial charge in [0.25, 0.3) is 5.89 Å². The number of esters is 1. The third kappa shape index (κ3) is 5.28. The topological polar surface area (TPSA) is 117 Å². The standard InChI is InChI=1S/C22H17F3N4O5S2/c1-35-12-33-21(30)16-11-18(29(27-16)17-9-4-3-8-15(17)22(23,24)25)20-26-19(28-34-20)13-6-5-7-14(10-13)36(2,31)32/h3-11H,12H2,1-2H3. The molecule has 0 radical (unpaired) electrons. The first-order valence-electron chi connectivity index (χ1n) is 10.1. The minimum Gasteiger partial charge on any atom is -0.450 e. The second kappa shape index (κ2) is 9.78. The van der Waals surface area contributed by atoms with E-state index in [0.717, 1.165) is 17.0 Å². The summed E-state index contributed by atoms with van der Waals surface area (Å²) in [5.41, 5.74) is -1.44. The number of ether oxygens (including phenoxy) is 1. The van der Waals surface area contributed by atoms with Crippen LogP contribution in [0.25, 0.3) is 28.7 Å². The van der Waals surface area contributed by atoms with Crippen molar-refractivity contribution in [2.45, 2.75) is 11.1 Å². The summed E-state index contributed by atoms with van der Waals surface area (Å²) in [6.07, 6.45) is -1.97. The van der Waals surface area contributed by atoms with Gasteiger partial charge in [0.05, 0.1) is 16.1 Å². The van der Waals surface area contributed by atoms with Crippen LogP contribution < -0.4 is 0 Å². The molecule has 0 spiro atoms.